The van der Waals surface area contributed by atoms with E-state index < -0.39 is 0 Å². The van der Waals surface area contributed by atoms with Crippen molar-refractivity contribution in [1.29, 1.82) is 0 Å². The van der Waals surface area contributed by atoms with E-state index in [4.69, 9.17) is 15.2 Å². The summed E-state index contributed by atoms with van der Waals surface area (Å²) < 4.78 is 12.1. The third-order valence-electron chi connectivity index (χ3n) is 3.27. The van der Waals surface area contributed by atoms with Gasteiger partial charge in [0.15, 0.2) is 0 Å². The van der Waals surface area contributed by atoms with Crippen LogP contribution in [0, 0.1) is 0 Å². The highest BCUT2D eigenvalue weighted by molar-refractivity contribution is 5.94. The molecule has 0 radical (unpaired) electrons. The lowest BCUT2D eigenvalue weighted by molar-refractivity contribution is 0.0662. The minimum Gasteiger partial charge on any atom is -0.397 e. The van der Waals surface area contributed by atoms with Gasteiger partial charge in [-0.15, -0.1) is 0 Å². The van der Waals surface area contributed by atoms with Crippen LogP contribution in [0.2, 0.25) is 0 Å². The van der Waals surface area contributed by atoms with Gasteiger partial charge in [0.25, 0.3) is 5.91 Å². The maximum absolute atomic E-state index is 12.7. The number of anilines is 1. The molecule has 21 heavy (non-hydrogen) atoms. The Bertz CT molecular complexity index is 443. The number of rotatable bonds is 9. The topological polar surface area (TPSA) is 69.7 Å². The average molecular weight is 297 g/mol. The lowest BCUT2D eigenvalue weighted by atomic mass is 10.3. The normalized spacial score (nSPS) is 11.1. The van der Waals surface area contributed by atoms with Crippen molar-refractivity contribution in [1.82, 2.24) is 9.47 Å². The van der Waals surface area contributed by atoms with E-state index in [-0.39, 0.29) is 11.9 Å². The van der Waals surface area contributed by atoms with E-state index >= 15 is 0 Å². The zero-order chi connectivity index (χ0) is 15.8. The van der Waals surface area contributed by atoms with Gasteiger partial charge in [-0.25, -0.2) is 0 Å². The molecule has 120 valence electrons. The van der Waals surface area contributed by atoms with E-state index in [0.29, 0.717) is 37.7 Å². The van der Waals surface area contributed by atoms with Gasteiger partial charge in [-0.05, 0) is 26.3 Å². The minimum atomic E-state index is -0.0199. The summed E-state index contributed by atoms with van der Waals surface area (Å²) in [5.74, 6) is -0.0199. The molecule has 1 heterocycles. The number of nitrogens with two attached hydrogens (primary N) is 1. The Morgan fingerprint density at radius 1 is 1.29 bits per heavy atom. The number of hydrogen-bond acceptors (Lipinski definition) is 4. The highest BCUT2D eigenvalue weighted by Gasteiger charge is 2.20. The molecule has 1 amide bonds. The van der Waals surface area contributed by atoms with Gasteiger partial charge < -0.3 is 24.7 Å². The quantitative estimate of drug-likeness (QED) is 0.705. The molecule has 1 aromatic rings. The Hall–Kier alpha value is -1.53. The van der Waals surface area contributed by atoms with Crippen molar-refractivity contribution in [3.8, 4) is 0 Å². The van der Waals surface area contributed by atoms with E-state index in [2.05, 4.69) is 0 Å². The van der Waals surface area contributed by atoms with Crippen molar-refractivity contribution in [2.24, 2.45) is 0 Å². The molecule has 0 unspecified atom stereocenters. The number of methoxy groups -OCH3 is 2. The van der Waals surface area contributed by atoms with E-state index in [9.17, 15) is 4.79 Å². The molecule has 0 aliphatic heterocycles. The van der Waals surface area contributed by atoms with E-state index in [1.165, 1.54) is 0 Å². The summed E-state index contributed by atoms with van der Waals surface area (Å²) in [6.45, 7) is 6.39. The van der Waals surface area contributed by atoms with Crippen LogP contribution < -0.4 is 5.73 Å². The number of aromatic nitrogens is 1. The molecule has 0 saturated carbocycles. The predicted octanol–water partition coefficient (Wildman–Crippen LogP) is 1.78. The molecule has 0 aliphatic carbocycles. The Morgan fingerprint density at radius 2 is 1.95 bits per heavy atom. The third kappa shape index (κ3) is 5.06. The highest BCUT2D eigenvalue weighted by atomic mass is 16.5. The van der Waals surface area contributed by atoms with Gasteiger partial charge >= 0.3 is 0 Å². The second-order valence-corrected chi connectivity index (χ2v) is 5.29. The number of carbonyl (C=O) groups is 1. The second-order valence-electron chi connectivity index (χ2n) is 5.29. The van der Waals surface area contributed by atoms with Crippen molar-refractivity contribution in [3.05, 3.63) is 18.0 Å². The fourth-order valence-corrected chi connectivity index (χ4v) is 2.18. The molecule has 6 nitrogen and oxygen atoms in total. The summed E-state index contributed by atoms with van der Waals surface area (Å²) in [6.07, 6.45) is 2.60. The van der Waals surface area contributed by atoms with Gasteiger partial charge in [0, 0.05) is 46.2 Å². The van der Waals surface area contributed by atoms with Crippen LogP contribution in [0.4, 0.5) is 5.69 Å². The Kier molecular flexibility index (Phi) is 7.25. The van der Waals surface area contributed by atoms with Crippen molar-refractivity contribution < 1.29 is 14.3 Å². The van der Waals surface area contributed by atoms with Gasteiger partial charge in [-0.3, -0.25) is 4.79 Å². The van der Waals surface area contributed by atoms with Crippen molar-refractivity contribution in [3.63, 3.8) is 0 Å². The van der Waals surface area contributed by atoms with Crippen LogP contribution in [0.3, 0.4) is 0 Å². The molecule has 0 atom stereocenters. The van der Waals surface area contributed by atoms with Crippen LogP contribution in [0.1, 0.15) is 36.8 Å². The summed E-state index contributed by atoms with van der Waals surface area (Å²) in [5, 5.41) is 0. The van der Waals surface area contributed by atoms with E-state index in [1.807, 2.05) is 24.6 Å². The molecule has 0 aromatic carbocycles. The van der Waals surface area contributed by atoms with E-state index in [0.717, 1.165) is 6.42 Å². The first-order valence-electron chi connectivity index (χ1n) is 7.25. The van der Waals surface area contributed by atoms with Crippen LogP contribution in [0.25, 0.3) is 0 Å². The first-order chi connectivity index (χ1) is 10.0. The van der Waals surface area contributed by atoms with Gasteiger partial charge in [-0.1, -0.05) is 0 Å². The lowest BCUT2D eigenvalue weighted by Crippen LogP contribution is -2.36. The van der Waals surface area contributed by atoms with Crippen LogP contribution >= 0.6 is 0 Å². The fourth-order valence-electron chi connectivity index (χ4n) is 2.18. The lowest BCUT2D eigenvalue weighted by Gasteiger charge is -2.23. The first-order valence-corrected chi connectivity index (χ1v) is 7.25. The van der Waals surface area contributed by atoms with Crippen LogP contribution in [0.15, 0.2) is 12.3 Å². The summed E-state index contributed by atoms with van der Waals surface area (Å²) in [4.78, 5) is 14.5. The first kappa shape index (κ1) is 17.5. The van der Waals surface area contributed by atoms with Crippen LogP contribution in [-0.4, -0.2) is 55.9 Å². The van der Waals surface area contributed by atoms with Gasteiger partial charge in [-0.2, -0.15) is 0 Å². The number of nitrogens with zero attached hydrogens (tertiary/aromatic N) is 2. The molecular formula is C15H27N3O3. The standard InChI is InChI=1S/C15H27N3O3/c1-12(2)18-11-13(16)10-14(18)15(19)17(7-9-21-4)6-5-8-20-3/h10-12H,5-9,16H2,1-4H3. The third-order valence-corrected chi connectivity index (χ3v) is 3.27. The minimum absolute atomic E-state index is 0.0199. The van der Waals surface area contributed by atoms with Gasteiger partial charge in [0.1, 0.15) is 5.69 Å². The molecule has 1 rings (SSSR count). The SMILES string of the molecule is COCCCN(CCOC)C(=O)c1cc(N)cn1C(C)C. The van der Waals surface area contributed by atoms with Crippen LogP contribution in [0.5, 0.6) is 0 Å². The maximum Gasteiger partial charge on any atom is 0.270 e. The smallest absolute Gasteiger partial charge is 0.270 e. The molecular weight excluding hydrogens is 270 g/mol. The molecule has 0 aliphatic rings. The predicted molar refractivity (Wildman–Crippen MR) is 83.5 cm³/mol. The largest absolute Gasteiger partial charge is 0.397 e. The number of nitrogen functional groups attached to an aromatic ring is 1. The zero-order valence-corrected chi connectivity index (χ0v) is 13.5. The zero-order valence-electron chi connectivity index (χ0n) is 13.5. The van der Waals surface area contributed by atoms with Gasteiger partial charge in [0.05, 0.1) is 12.3 Å². The van der Waals surface area contributed by atoms with Crippen molar-refractivity contribution in [2.75, 3.05) is 46.3 Å². The number of hydrogen-bond donors (Lipinski definition) is 1. The molecule has 6 heteroatoms. The fraction of sp³-hybridized carbons (Fsp3) is 0.667. The monoisotopic (exact) mass is 297 g/mol. The summed E-state index contributed by atoms with van der Waals surface area (Å²) in [6, 6.07) is 1.92. The molecule has 1 aromatic heterocycles. The second kappa shape index (κ2) is 8.69. The molecule has 0 spiro atoms. The Labute approximate surface area is 126 Å². The average Bonchev–Trinajstić information content (AvgIpc) is 2.84. The molecule has 0 fully saturated rings. The number of ether oxygens (including phenoxy) is 2. The molecule has 2 N–H and O–H groups in total. The Morgan fingerprint density at radius 3 is 2.52 bits per heavy atom. The highest BCUT2D eigenvalue weighted by Crippen LogP contribution is 2.18. The number of carbonyl (C=O) groups excluding carboxylic acids is 1. The Balaban J connectivity index is 2.87. The molecule has 0 bridgehead atoms. The summed E-state index contributed by atoms with van der Waals surface area (Å²) in [5.41, 5.74) is 7.07. The van der Waals surface area contributed by atoms with Crippen molar-refractivity contribution >= 4 is 11.6 Å². The number of amides is 1. The summed E-state index contributed by atoms with van der Waals surface area (Å²) >= 11 is 0. The maximum atomic E-state index is 12.7. The van der Waals surface area contributed by atoms with Crippen LogP contribution in [-0.2, 0) is 9.47 Å². The van der Waals surface area contributed by atoms with Gasteiger partial charge in [0.2, 0.25) is 0 Å². The van der Waals surface area contributed by atoms with E-state index in [1.54, 1.807) is 25.2 Å². The summed E-state index contributed by atoms with van der Waals surface area (Å²) in [7, 11) is 3.29. The van der Waals surface area contributed by atoms with Crippen molar-refractivity contribution in [2.45, 2.75) is 26.3 Å². The molecule has 0 saturated heterocycles.